The van der Waals surface area contributed by atoms with Gasteiger partial charge in [-0.25, -0.2) is 4.39 Å². The molecule has 0 aliphatic rings. The summed E-state index contributed by atoms with van der Waals surface area (Å²) in [4.78, 5) is 0. The third-order valence-electron chi connectivity index (χ3n) is 6.25. The lowest BCUT2D eigenvalue weighted by Crippen LogP contribution is -2.43. The molecule has 0 spiro atoms. The van der Waals surface area contributed by atoms with Gasteiger partial charge in [-0.3, -0.25) is 0 Å². The van der Waals surface area contributed by atoms with Crippen molar-refractivity contribution in [2.24, 2.45) is 0 Å². The van der Waals surface area contributed by atoms with E-state index in [4.69, 9.17) is 10.5 Å². The molecule has 5 N–H and O–H groups in total. The molecule has 1 heterocycles. The molecule has 0 aliphatic carbocycles. The van der Waals surface area contributed by atoms with Crippen LogP contribution in [0.1, 0.15) is 23.1 Å². The summed E-state index contributed by atoms with van der Waals surface area (Å²) in [5, 5.41) is 41.1. The van der Waals surface area contributed by atoms with Gasteiger partial charge in [0.1, 0.15) is 5.82 Å². The van der Waals surface area contributed by atoms with E-state index in [1.165, 1.54) is 47.2 Å². The lowest BCUT2D eigenvalue weighted by molar-refractivity contribution is -0.247. The normalized spacial score (nSPS) is 14.4. The number of alkyl halides is 3. The third-order valence-corrected chi connectivity index (χ3v) is 6.25. The van der Waals surface area contributed by atoms with Gasteiger partial charge in [-0.2, -0.15) is 13.2 Å². The van der Waals surface area contributed by atoms with Crippen LogP contribution in [0.2, 0.25) is 0 Å². The Bertz CT molecular complexity index is 1400. The van der Waals surface area contributed by atoms with E-state index in [9.17, 15) is 27.8 Å². The smallest absolute Gasteiger partial charge is 0.394 e. The van der Waals surface area contributed by atoms with Crippen molar-refractivity contribution in [1.29, 1.82) is 5.41 Å². The largest absolute Gasteiger partial charge is 0.425 e. The number of rotatable bonds is 9. The molecule has 0 bridgehead atoms. The standard InChI is InChI=1S/C27H25F4N3O3/c28-19-6-8-20(9-7-19)33-24-10-5-18(13-17(24)14-32)26(37,27(29,30)31)23-15-34(12-11-21(36)16-35)25-4-2-1-3-22(23)25/h1-10,13-15,21,32-33,35-37H,11-12,16H2. The number of aryl methyl sites for hydroxylation is 1. The molecule has 10 heteroatoms. The van der Waals surface area contributed by atoms with Crippen LogP contribution in [0, 0.1) is 11.2 Å². The monoisotopic (exact) mass is 515 g/mol. The maximum atomic E-state index is 14.7. The number of halogens is 4. The Balaban J connectivity index is 1.82. The number of hydrogen-bond acceptors (Lipinski definition) is 5. The fourth-order valence-corrected chi connectivity index (χ4v) is 4.28. The first-order chi connectivity index (χ1) is 17.6. The molecule has 0 saturated heterocycles. The second kappa shape index (κ2) is 10.3. The van der Waals surface area contributed by atoms with Crippen LogP contribution in [0.5, 0.6) is 0 Å². The molecule has 4 rings (SSSR count). The van der Waals surface area contributed by atoms with E-state index < -0.39 is 41.4 Å². The van der Waals surface area contributed by atoms with E-state index in [2.05, 4.69) is 5.32 Å². The van der Waals surface area contributed by atoms with Gasteiger partial charge in [-0.05, 0) is 54.4 Å². The molecule has 2 unspecified atom stereocenters. The van der Waals surface area contributed by atoms with Crippen molar-refractivity contribution in [3.63, 3.8) is 0 Å². The molecule has 4 aromatic rings. The van der Waals surface area contributed by atoms with Crippen LogP contribution in [-0.2, 0) is 12.1 Å². The fourth-order valence-electron chi connectivity index (χ4n) is 4.28. The second-order valence-electron chi connectivity index (χ2n) is 8.66. The molecule has 194 valence electrons. The Morgan fingerprint density at radius 3 is 2.38 bits per heavy atom. The number of nitrogens with zero attached hydrogens (tertiary/aromatic N) is 1. The molecule has 0 fully saturated rings. The third kappa shape index (κ3) is 5.08. The molecule has 0 amide bonds. The molecule has 0 aliphatic heterocycles. The van der Waals surface area contributed by atoms with E-state index in [1.807, 2.05) is 0 Å². The van der Waals surface area contributed by atoms with Gasteiger partial charge in [-0.1, -0.05) is 24.3 Å². The van der Waals surface area contributed by atoms with Crippen LogP contribution in [0.3, 0.4) is 0 Å². The van der Waals surface area contributed by atoms with Gasteiger partial charge < -0.3 is 30.6 Å². The summed E-state index contributed by atoms with van der Waals surface area (Å²) in [6.45, 7) is -0.369. The van der Waals surface area contributed by atoms with Crippen LogP contribution < -0.4 is 5.32 Å². The van der Waals surface area contributed by atoms with Crippen LogP contribution in [-0.4, -0.2) is 45.0 Å². The summed E-state index contributed by atoms with van der Waals surface area (Å²) in [5.74, 6) is -0.451. The van der Waals surface area contributed by atoms with Crippen LogP contribution in [0.15, 0.2) is 72.9 Å². The van der Waals surface area contributed by atoms with Crippen molar-refractivity contribution < 1.29 is 32.9 Å². The van der Waals surface area contributed by atoms with Crippen molar-refractivity contribution in [3.05, 3.63) is 95.4 Å². The topological polar surface area (TPSA) is 102 Å². The zero-order valence-electron chi connectivity index (χ0n) is 19.5. The van der Waals surface area contributed by atoms with Gasteiger partial charge in [0.15, 0.2) is 0 Å². The van der Waals surface area contributed by atoms with Crippen molar-refractivity contribution in [2.75, 3.05) is 11.9 Å². The van der Waals surface area contributed by atoms with E-state index in [1.54, 1.807) is 18.2 Å². The Morgan fingerprint density at radius 1 is 1.03 bits per heavy atom. The predicted molar refractivity (Wildman–Crippen MR) is 133 cm³/mol. The van der Waals surface area contributed by atoms with E-state index in [0.29, 0.717) is 16.9 Å². The lowest BCUT2D eigenvalue weighted by Gasteiger charge is -2.31. The molecular weight excluding hydrogens is 490 g/mol. The average molecular weight is 516 g/mol. The van der Waals surface area contributed by atoms with Crippen LogP contribution in [0.25, 0.3) is 10.9 Å². The Morgan fingerprint density at radius 2 is 1.73 bits per heavy atom. The molecular formula is C27H25F4N3O3. The summed E-state index contributed by atoms with van der Waals surface area (Å²) in [5.41, 5.74) is -3.02. The number of aliphatic hydroxyl groups is 3. The van der Waals surface area contributed by atoms with Crippen LogP contribution >= 0.6 is 0 Å². The summed E-state index contributed by atoms with van der Waals surface area (Å²) in [6, 6.07) is 15.2. The van der Waals surface area contributed by atoms with Crippen molar-refractivity contribution >= 4 is 28.5 Å². The fraction of sp³-hybridized carbons (Fsp3) is 0.222. The van der Waals surface area contributed by atoms with Crippen molar-refractivity contribution in [3.8, 4) is 0 Å². The first-order valence-corrected chi connectivity index (χ1v) is 11.4. The molecule has 1 aromatic heterocycles. The van der Waals surface area contributed by atoms with Gasteiger partial charge in [0, 0.05) is 52.4 Å². The summed E-state index contributed by atoms with van der Waals surface area (Å²) >= 11 is 0. The highest BCUT2D eigenvalue weighted by atomic mass is 19.4. The molecule has 37 heavy (non-hydrogen) atoms. The molecule has 0 saturated carbocycles. The maximum absolute atomic E-state index is 14.7. The minimum Gasteiger partial charge on any atom is -0.394 e. The summed E-state index contributed by atoms with van der Waals surface area (Å²) in [6.07, 6.45) is -4.00. The molecule has 6 nitrogen and oxygen atoms in total. The summed E-state index contributed by atoms with van der Waals surface area (Å²) in [7, 11) is 0. The number of anilines is 2. The number of nitrogens with one attached hydrogen (secondary N) is 2. The Kier molecular flexibility index (Phi) is 7.35. The van der Waals surface area contributed by atoms with Crippen LogP contribution in [0.4, 0.5) is 28.9 Å². The van der Waals surface area contributed by atoms with E-state index >= 15 is 0 Å². The van der Waals surface area contributed by atoms with E-state index in [-0.39, 0.29) is 23.9 Å². The average Bonchev–Trinajstić information content (AvgIpc) is 3.26. The quantitative estimate of drug-likeness (QED) is 0.159. The second-order valence-corrected chi connectivity index (χ2v) is 8.66. The zero-order valence-corrected chi connectivity index (χ0v) is 19.5. The number of aliphatic hydroxyl groups excluding tert-OH is 2. The highest BCUT2D eigenvalue weighted by molar-refractivity contribution is 5.89. The van der Waals surface area contributed by atoms with Gasteiger partial charge in [0.05, 0.1) is 12.7 Å². The number of benzene rings is 3. The Hall–Kier alpha value is -3.73. The molecule has 0 radical (unpaired) electrons. The van der Waals surface area contributed by atoms with Gasteiger partial charge in [0.25, 0.3) is 0 Å². The van der Waals surface area contributed by atoms with Crippen molar-refractivity contribution in [1.82, 2.24) is 4.57 Å². The first-order valence-electron chi connectivity index (χ1n) is 11.4. The SMILES string of the molecule is N=Cc1cc(C(O)(c2cn(CCC(O)CO)c3ccccc23)C(F)(F)F)ccc1Nc1ccc(F)cc1. The first kappa shape index (κ1) is 26.3. The Labute approximate surface area is 209 Å². The van der Waals surface area contributed by atoms with Gasteiger partial charge in [0.2, 0.25) is 5.60 Å². The maximum Gasteiger partial charge on any atom is 0.425 e. The molecule has 3 aromatic carbocycles. The highest BCUT2D eigenvalue weighted by Gasteiger charge is 2.57. The summed E-state index contributed by atoms with van der Waals surface area (Å²) < 4.78 is 58.7. The minimum atomic E-state index is -5.13. The lowest BCUT2D eigenvalue weighted by atomic mass is 9.84. The number of hydrogen-bond donors (Lipinski definition) is 5. The molecule has 2 atom stereocenters. The number of para-hydroxylation sites is 1. The van der Waals surface area contributed by atoms with Crippen molar-refractivity contribution in [2.45, 2.75) is 30.8 Å². The zero-order chi connectivity index (χ0) is 26.8. The number of aromatic nitrogens is 1. The minimum absolute atomic E-state index is 0.0827. The van der Waals surface area contributed by atoms with Gasteiger partial charge >= 0.3 is 6.18 Å². The number of fused-ring (bicyclic) bond motifs is 1. The van der Waals surface area contributed by atoms with E-state index in [0.717, 1.165) is 18.3 Å². The highest BCUT2D eigenvalue weighted by Crippen LogP contribution is 2.47. The predicted octanol–water partition coefficient (Wildman–Crippen LogP) is 5.06. The van der Waals surface area contributed by atoms with Gasteiger partial charge in [-0.15, -0.1) is 0 Å².